The molecule has 72 valence electrons. The molecule has 1 rings (SSSR count). The van der Waals surface area contributed by atoms with E-state index in [1.54, 1.807) is 0 Å². The monoisotopic (exact) mass is 191 g/mol. The van der Waals surface area contributed by atoms with Gasteiger partial charge in [-0.3, -0.25) is 0 Å². The van der Waals surface area contributed by atoms with Crippen molar-refractivity contribution in [3.8, 4) is 0 Å². The van der Waals surface area contributed by atoms with E-state index in [1.165, 1.54) is 12.8 Å². The molecule has 3 heteroatoms. The summed E-state index contributed by atoms with van der Waals surface area (Å²) in [4.78, 5) is 2.28. The quantitative estimate of drug-likeness (QED) is 0.641. The predicted octanol–water partition coefficient (Wildman–Crippen LogP) is 1.32. The van der Waals surface area contributed by atoms with E-state index in [0.717, 1.165) is 25.6 Å². The molecule has 0 bridgehead atoms. The van der Waals surface area contributed by atoms with Crippen molar-refractivity contribution in [2.75, 3.05) is 25.5 Å². The van der Waals surface area contributed by atoms with E-state index in [9.17, 15) is 5.11 Å². The Hall–Kier alpha value is 0.210. The molecule has 1 saturated carbocycles. The molecule has 0 aromatic carbocycles. The van der Waals surface area contributed by atoms with Gasteiger partial charge in [-0.15, -0.1) is 11.6 Å². The van der Waals surface area contributed by atoms with E-state index in [4.69, 9.17) is 11.6 Å². The molecule has 0 aliphatic heterocycles. The molecule has 2 nitrogen and oxygen atoms in total. The number of likely N-dealkylation sites (N-methyl/N-ethyl adjacent to an activating group) is 1. The maximum Gasteiger partial charge on any atom is 0.0802 e. The number of aliphatic hydroxyl groups excluding tert-OH is 1. The van der Waals surface area contributed by atoms with Gasteiger partial charge in [0.15, 0.2) is 0 Å². The van der Waals surface area contributed by atoms with Gasteiger partial charge >= 0.3 is 0 Å². The number of halogens is 1. The molecule has 0 radical (unpaired) electrons. The van der Waals surface area contributed by atoms with Gasteiger partial charge < -0.3 is 10.0 Å². The molecule has 0 heterocycles. The Morgan fingerprint density at radius 2 is 2.25 bits per heavy atom. The normalized spacial score (nSPS) is 20.0. The van der Waals surface area contributed by atoms with Crippen LogP contribution in [-0.2, 0) is 0 Å². The van der Waals surface area contributed by atoms with Crippen LogP contribution in [0.25, 0.3) is 0 Å². The minimum atomic E-state index is -0.356. The molecule has 12 heavy (non-hydrogen) atoms. The molecule has 1 N–H and O–H groups in total. The molecule has 0 spiro atoms. The largest absolute Gasteiger partial charge is 0.391 e. The fraction of sp³-hybridized carbons (Fsp3) is 1.00. The summed E-state index contributed by atoms with van der Waals surface area (Å²) in [7, 11) is 0. The third-order valence-electron chi connectivity index (χ3n) is 2.31. The summed E-state index contributed by atoms with van der Waals surface area (Å²) in [5, 5.41) is 9.32. The van der Waals surface area contributed by atoms with Crippen LogP contribution < -0.4 is 0 Å². The van der Waals surface area contributed by atoms with Gasteiger partial charge in [0.25, 0.3) is 0 Å². The Morgan fingerprint density at radius 3 is 2.67 bits per heavy atom. The van der Waals surface area contributed by atoms with Gasteiger partial charge in [-0.2, -0.15) is 0 Å². The highest BCUT2D eigenvalue weighted by Gasteiger charge is 2.24. The average molecular weight is 192 g/mol. The highest BCUT2D eigenvalue weighted by Crippen LogP contribution is 2.29. The van der Waals surface area contributed by atoms with Gasteiger partial charge in [0.2, 0.25) is 0 Å². The molecule has 1 aliphatic carbocycles. The zero-order chi connectivity index (χ0) is 8.97. The fourth-order valence-electron chi connectivity index (χ4n) is 1.35. The number of aliphatic hydroxyl groups is 1. The summed E-state index contributed by atoms with van der Waals surface area (Å²) in [6, 6.07) is 0. The standard InChI is InChI=1S/C9H18ClNO/c1-2-11(6-8-3-4-8)7-9(12)5-10/h8-9,12H,2-7H2,1H3. The van der Waals surface area contributed by atoms with Crippen LogP contribution in [0.1, 0.15) is 19.8 Å². The van der Waals surface area contributed by atoms with Crippen LogP contribution in [0.3, 0.4) is 0 Å². The van der Waals surface area contributed by atoms with Crippen molar-refractivity contribution in [3.05, 3.63) is 0 Å². The van der Waals surface area contributed by atoms with Crippen molar-refractivity contribution >= 4 is 11.6 Å². The Balaban J connectivity index is 2.14. The van der Waals surface area contributed by atoms with Crippen molar-refractivity contribution in [3.63, 3.8) is 0 Å². The van der Waals surface area contributed by atoms with Crippen LogP contribution >= 0.6 is 11.6 Å². The van der Waals surface area contributed by atoms with Crippen LogP contribution in [0.2, 0.25) is 0 Å². The highest BCUT2D eigenvalue weighted by atomic mass is 35.5. The van der Waals surface area contributed by atoms with Crippen molar-refractivity contribution in [2.45, 2.75) is 25.9 Å². The lowest BCUT2D eigenvalue weighted by atomic mass is 10.3. The first-order chi connectivity index (χ1) is 5.76. The molecular weight excluding hydrogens is 174 g/mol. The number of alkyl halides is 1. The summed E-state index contributed by atoms with van der Waals surface area (Å²) in [6.45, 7) is 5.02. The predicted molar refractivity (Wildman–Crippen MR) is 51.6 cm³/mol. The van der Waals surface area contributed by atoms with E-state index in [0.29, 0.717) is 5.88 Å². The van der Waals surface area contributed by atoms with Crippen LogP contribution in [-0.4, -0.2) is 41.6 Å². The molecule has 1 atom stereocenters. The first kappa shape index (κ1) is 10.3. The van der Waals surface area contributed by atoms with Gasteiger partial charge in [-0.1, -0.05) is 6.92 Å². The van der Waals surface area contributed by atoms with Crippen molar-refractivity contribution in [2.24, 2.45) is 5.92 Å². The van der Waals surface area contributed by atoms with Gasteiger partial charge in [0.1, 0.15) is 0 Å². The summed E-state index contributed by atoms with van der Waals surface area (Å²) in [5.74, 6) is 1.24. The summed E-state index contributed by atoms with van der Waals surface area (Å²) in [5.41, 5.74) is 0. The maximum absolute atomic E-state index is 9.32. The Morgan fingerprint density at radius 1 is 1.58 bits per heavy atom. The van der Waals surface area contributed by atoms with Crippen LogP contribution in [0, 0.1) is 5.92 Å². The lowest BCUT2D eigenvalue weighted by Gasteiger charge is -2.22. The first-order valence-electron chi connectivity index (χ1n) is 4.72. The van der Waals surface area contributed by atoms with E-state index in [2.05, 4.69) is 11.8 Å². The third-order valence-corrected chi connectivity index (χ3v) is 2.66. The smallest absolute Gasteiger partial charge is 0.0802 e. The zero-order valence-electron chi connectivity index (χ0n) is 7.67. The highest BCUT2D eigenvalue weighted by molar-refractivity contribution is 6.18. The minimum Gasteiger partial charge on any atom is -0.391 e. The summed E-state index contributed by atoms with van der Waals surface area (Å²) >= 11 is 5.53. The van der Waals surface area contributed by atoms with E-state index < -0.39 is 0 Å². The number of hydrogen-bond acceptors (Lipinski definition) is 2. The van der Waals surface area contributed by atoms with Gasteiger partial charge in [-0.05, 0) is 25.3 Å². The van der Waals surface area contributed by atoms with Crippen molar-refractivity contribution in [1.82, 2.24) is 4.90 Å². The van der Waals surface area contributed by atoms with Crippen LogP contribution in [0.5, 0.6) is 0 Å². The first-order valence-corrected chi connectivity index (χ1v) is 5.26. The second-order valence-corrected chi connectivity index (χ2v) is 3.91. The molecule has 1 fully saturated rings. The third kappa shape index (κ3) is 3.74. The Kier molecular flexibility index (Phi) is 4.33. The Labute approximate surface area is 79.5 Å². The van der Waals surface area contributed by atoms with Crippen LogP contribution in [0.15, 0.2) is 0 Å². The van der Waals surface area contributed by atoms with E-state index in [-0.39, 0.29) is 6.10 Å². The summed E-state index contributed by atoms with van der Waals surface area (Å²) < 4.78 is 0. The van der Waals surface area contributed by atoms with Gasteiger partial charge in [0.05, 0.1) is 6.10 Å². The zero-order valence-corrected chi connectivity index (χ0v) is 8.43. The summed E-state index contributed by atoms with van der Waals surface area (Å²) in [6.07, 6.45) is 2.38. The maximum atomic E-state index is 9.32. The molecule has 1 unspecified atom stereocenters. The molecule has 0 amide bonds. The lowest BCUT2D eigenvalue weighted by molar-refractivity contribution is 0.129. The number of nitrogens with zero attached hydrogens (tertiary/aromatic N) is 1. The number of hydrogen-bond donors (Lipinski definition) is 1. The van der Waals surface area contributed by atoms with Gasteiger partial charge in [0, 0.05) is 19.0 Å². The molecule has 0 saturated heterocycles. The second kappa shape index (κ2) is 5.05. The van der Waals surface area contributed by atoms with Crippen molar-refractivity contribution in [1.29, 1.82) is 0 Å². The fourth-order valence-corrected chi connectivity index (χ4v) is 1.44. The second-order valence-electron chi connectivity index (χ2n) is 3.60. The lowest BCUT2D eigenvalue weighted by Crippen LogP contribution is -2.34. The van der Waals surface area contributed by atoms with Crippen LogP contribution in [0.4, 0.5) is 0 Å². The molecule has 0 aromatic heterocycles. The molecule has 1 aliphatic rings. The van der Waals surface area contributed by atoms with Crippen molar-refractivity contribution < 1.29 is 5.11 Å². The van der Waals surface area contributed by atoms with E-state index >= 15 is 0 Å². The van der Waals surface area contributed by atoms with Gasteiger partial charge in [-0.25, -0.2) is 0 Å². The minimum absolute atomic E-state index is 0.348. The average Bonchev–Trinajstić information content (AvgIpc) is 2.86. The number of rotatable bonds is 6. The molecular formula is C9H18ClNO. The SMILES string of the molecule is CCN(CC(O)CCl)CC1CC1. The Bertz CT molecular complexity index is 128. The van der Waals surface area contributed by atoms with E-state index in [1.807, 2.05) is 0 Å². The molecule has 0 aromatic rings. The topological polar surface area (TPSA) is 23.5 Å².